The Bertz CT molecular complexity index is 1340. The van der Waals surface area contributed by atoms with Crippen molar-refractivity contribution in [3.05, 3.63) is 58.6 Å². The van der Waals surface area contributed by atoms with Gasteiger partial charge in [0, 0.05) is 32.3 Å². The molecule has 0 bridgehead atoms. The van der Waals surface area contributed by atoms with Gasteiger partial charge in [0.2, 0.25) is 10.0 Å². The molecule has 0 aliphatic heterocycles. The lowest BCUT2D eigenvalue weighted by Gasteiger charge is -2.30. The van der Waals surface area contributed by atoms with Crippen molar-refractivity contribution in [2.75, 3.05) is 20.8 Å². The largest absolute Gasteiger partial charge is 0.383 e. The van der Waals surface area contributed by atoms with Crippen LogP contribution in [0.3, 0.4) is 0 Å². The first-order valence-corrected chi connectivity index (χ1v) is 13.5. The minimum absolute atomic E-state index is 0.00963. The molecule has 1 heterocycles. The van der Waals surface area contributed by atoms with Crippen molar-refractivity contribution in [1.29, 1.82) is 0 Å². The highest BCUT2D eigenvalue weighted by Crippen LogP contribution is 2.26. The molecular formula is C24H28FN3O4S2. The lowest BCUT2D eigenvalue weighted by Crippen LogP contribution is -2.38. The van der Waals surface area contributed by atoms with Crippen LogP contribution in [-0.2, 0) is 21.3 Å². The molecule has 3 aromatic rings. The Balaban J connectivity index is 1.61. The number of hydrogen-bond donors (Lipinski definition) is 0. The predicted molar refractivity (Wildman–Crippen MR) is 130 cm³/mol. The molecule has 1 fully saturated rings. The van der Waals surface area contributed by atoms with Gasteiger partial charge in [0.05, 0.1) is 21.7 Å². The number of carbonyl (C=O) groups is 1. The zero-order valence-electron chi connectivity index (χ0n) is 19.2. The topological polar surface area (TPSA) is 81.0 Å². The van der Waals surface area contributed by atoms with E-state index in [1.165, 1.54) is 52.0 Å². The number of methoxy groups -OCH3 is 1. The molecule has 182 valence electrons. The van der Waals surface area contributed by atoms with Gasteiger partial charge in [0.25, 0.3) is 5.91 Å². The normalized spacial score (nSPS) is 15.9. The van der Waals surface area contributed by atoms with E-state index in [4.69, 9.17) is 4.74 Å². The summed E-state index contributed by atoms with van der Waals surface area (Å²) in [5.74, 6) is -0.858. The van der Waals surface area contributed by atoms with Gasteiger partial charge in [-0.3, -0.25) is 4.79 Å². The lowest BCUT2D eigenvalue weighted by atomic mass is 9.96. The number of hydrogen-bond acceptors (Lipinski definition) is 5. The number of sulfonamides is 1. The molecule has 0 unspecified atom stereocenters. The first kappa shape index (κ1) is 24.7. The summed E-state index contributed by atoms with van der Waals surface area (Å²) in [4.78, 5) is 17.7. The zero-order chi connectivity index (χ0) is 24.3. The minimum atomic E-state index is -3.64. The maximum atomic E-state index is 13.7. The molecule has 34 heavy (non-hydrogen) atoms. The van der Waals surface area contributed by atoms with Crippen molar-refractivity contribution >= 4 is 37.5 Å². The molecule has 1 amide bonds. The van der Waals surface area contributed by atoms with E-state index in [9.17, 15) is 17.6 Å². The molecule has 4 rings (SSSR count). The number of nitrogens with zero attached hydrogens (tertiary/aromatic N) is 3. The fraction of sp³-hybridized carbons (Fsp3) is 0.417. The average Bonchev–Trinajstić information content (AvgIpc) is 3.18. The molecule has 1 aliphatic carbocycles. The molecule has 1 aliphatic rings. The quantitative estimate of drug-likeness (QED) is 0.482. The zero-order valence-corrected chi connectivity index (χ0v) is 20.9. The monoisotopic (exact) mass is 505 g/mol. The van der Waals surface area contributed by atoms with Crippen LogP contribution in [0.15, 0.2) is 52.4 Å². The lowest BCUT2D eigenvalue weighted by molar-refractivity contribution is 0.0997. The third kappa shape index (κ3) is 5.14. The van der Waals surface area contributed by atoms with Crippen LogP contribution in [0.4, 0.5) is 4.39 Å². The molecule has 0 spiro atoms. The second-order valence-electron chi connectivity index (χ2n) is 8.40. The first-order chi connectivity index (χ1) is 16.3. The number of fused-ring (bicyclic) bond motifs is 1. The minimum Gasteiger partial charge on any atom is -0.383 e. The van der Waals surface area contributed by atoms with Crippen LogP contribution in [0, 0.1) is 5.82 Å². The molecule has 2 aromatic carbocycles. The average molecular weight is 506 g/mol. The van der Waals surface area contributed by atoms with Crippen molar-refractivity contribution in [1.82, 2.24) is 8.87 Å². The number of halogens is 1. The van der Waals surface area contributed by atoms with Crippen molar-refractivity contribution in [3.8, 4) is 0 Å². The molecule has 7 nitrogen and oxygen atoms in total. The third-order valence-electron chi connectivity index (χ3n) is 6.23. The van der Waals surface area contributed by atoms with Crippen LogP contribution in [0.5, 0.6) is 0 Å². The van der Waals surface area contributed by atoms with Gasteiger partial charge in [-0.05, 0) is 55.3 Å². The van der Waals surface area contributed by atoms with Crippen LogP contribution < -0.4 is 4.80 Å². The first-order valence-electron chi connectivity index (χ1n) is 11.3. The van der Waals surface area contributed by atoms with Crippen LogP contribution in [0.1, 0.15) is 42.5 Å². The Morgan fingerprint density at radius 1 is 1.18 bits per heavy atom. The Kier molecular flexibility index (Phi) is 7.61. The molecule has 1 saturated carbocycles. The van der Waals surface area contributed by atoms with Gasteiger partial charge in [-0.25, -0.2) is 12.8 Å². The summed E-state index contributed by atoms with van der Waals surface area (Å²) in [7, 11) is -0.429. The summed E-state index contributed by atoms with van der Waals surface area (Å²) in [5, 5.41) is 0. The number of aromatic nitrogens is 1. The van der Waals surface area contributed by atoms with Crippen molar-refractivity contribution in [2.45, 2.75) is 49.6 Å². The van der Waals surface area contributed by atoms with Crippen molar-refractivity contribution in [2.24, 2.45) is 4.99 Å². The maximum absolute atomic E-state index is 13.7. The summed E-state index contributed by atoms with van der Waals surface area (Å²) >= 11 is 1.22. The van der Waals surface area contributed by atoms with Crippen molar-refractivity contribution in [3.63, 3.8) is 0 Å². The highest BCUT2D eigenvalue weighted by atomic mass is 32.2. The van der Waals surface area contributed by atoms with E-state index in [1.807, 2.05) is 4.57 Å². The van der Waals surface area contributed by atoms with E-state index < -0.39 is 15.9 Å². The van der Waals surface area contributed by atoms with Gasteiger partial charge in [-0.1, -0.05) is 30.6 Å². The molecular weight excluding hydrogens is 477 g/mol. The number of ether oxygens (including phenoxy) is 1. The number of amides is 1. The highest BCUT2D eigenvalue weighted by molar-refractivity contribution is 7.89. The Labute approximate surface area is 202 Å². The van der Waals surface area contributed by atoms with E-state index in [1.54, 1.807) is 20.2 Å². The smallest absolute Gasteiger partial charge is 0.279 e. The Hall–Kier alpha value is -2.40. The molecule has 10 heteroatoms. The predicted octanol–water partition coefficient (Wildman–Crippen LogP) is 4.18. The summed E-state index contributed by atoms with van der Waals surface area (Å²) < 4.78 is 48.9. The van der Waals surface area contributed by atoms with E-state index in [0.717, 1.165) is 37.6 Å². The fourth-order valence-corrected chi connectivity index (χ4v) is 6.75. The maximum Gasteiger partial charge on any atom is 0.279 e. The van der Waals surface area contributed by atoms with Gasteiger partial charge >= 0.3 is 0 Å². The van der Waals surface area contributed by atoms with E-state index in [0.29, 0.717) is 22.7 Å². The number of benzene rings is 2. The van der Waals surface area contributed by atoms with E-state index in [2.05, 4.69) is 4.99 Å². The van der Waals surface area contributed by atoms with E-state index in [-0.39, 0.29) is 22.3 Å². The van der Waals surface area contributed by atoms with Crippen LogP contribution in [0.2, 0.25) is 0 Å². The van der Waals surface area contributed by atoms with Crippen LogP contribution in [0.25, 0.3) is 10.2 Å². The Morgan fingerprint density at radius 3 is 2.56 bits per heavy atom. The summed E-state index contributed by atoms with van der Waals surface area (Å²) in [5.41, 5.74) is 1.04. The van der Waals surface area contributed by atoms with Crippen molar-refractivity contribution < 1.29 is 22.3 Å². The molecule has 0 saturated heterocycles. The van der Waals surface area contributed by atoms with Gasteiger partial charge in [-0.2, -0.15) is 9.30 Å². The third-order valence-corrected chi connectivity index (χ3v) is 9.19. The molecule has 0 atom stereocenters. The highest BCUT2D eigenvalue weighted by Gasteiger charge is 2.29. The summed E-state index contributed by atoms with van der Waals surface area (Å²) in [6.45, 7) is 0.866. The van der Waals surface area contributed by atoms with Gasteiger partial charge in [0.15, 0.2) is 4.80 Å². The SMILES string of the molecule is COCCn1c(=NC(=O)c2ccc(S(=O)(=O)N(C)C3CCCCC3)cc2)sc2cc(F)ccc21. The standard InChI is InChI=1S/C24H28FN3O4S2/c1-27(19-6-4-3-5-7-19)34(30,31)20-11-8-17(9-12-20)23(29)26-24-28(14-15-32-2)21-13-10-18(25)16-22(21)33-24/h8-13,16,19H,3-7,14-15H2,1-2H3. The van der Waals surface area contributed by atoms with Gasteiger partial charge in [-0.15, -0.1) is 0 Å². The summed E-state index contributed by atoms with van der Waals surface area (Å²) in [6, 6.07) is 10.3. The molecule has 0 radical (unpaired) electrons. The van der Waals surface area contributed by atoms with Crippen LogP contribution in [-0.4, -0.2) is 50.0 Å². The second kappa shape index (κ2) is 10.5. The number of thiazole rings is 1. The van der Waals surface area contributed by atoms with Gasteiger partial charge in [0.1, 0.15) is 5.82 Å². The van der Waals surface area contributed by atoms with Crippen LogP contribution >= 0.6 is 11.3 Å². The fourth-order valence-electron chi connectivity index (χ4n) is 4.26. The number of rotatable bonds is 7. The second-order valence-corrected chi connectivity index (χ2v) is 11.4. The summed E-state index contributed by atoms with van der Waals surface area (Å²) in [6.07, 6.45) is 4.95. The molecule has 0 N–H and O–H groups in total. The number of carbonyl (C=O) groups excluding carboxylic acids is 1. The van der Waals surface area contributed by atoms with E-state index >= 15 is 0 Å². The Morgan fingerprint density at radius 2 is 1.88 bits per heavy atom. The molecule has 1 aromatic heterocycles. The van der Waals surface area contributed by atoms with Gasteiger partial charge < -0.3 is 9.30 Å².